The normalized spacial score (nSPS) is 15.3. The van der Waals surface area contributed by atoms with Gasteiger partial charge in [0.1, 0.15) is 40.9 Å². The van der Waals surface area contributed by atoms with E-state index >= 15 is 0 Å². The van der Waals surface area contributed by atoms with Gasteiger partial charge >= 0.3 is 11.7 Å². The number of halogens is 4. The Morgan fingerprint density at radius 1 is 1.29 bits per heavy atom. The lowest BCUT2D eigenvalue weighted by Crippen LogP contribution is -2.30. The van der Waals surface area contributed by atoms with Gasteiger partial charge in [-0.15, -0.1) is 5.10 Å². The average Bonchev–Trinajstić information content (AvgIpc) is 3.46. The number of alkyl halides is 3. The molecule has 1 aromatic heterocycles. The van der Waals surface area contributed by atoms with Crippen LogP contribution in [-0.4, -0.2) is 45.1 Å². The zero-order valence-electron chi connectivity index (χ0n) is 17.5. The highest BCUT2D eigenvalue weighted by atomic mass is 19.3. The first-order chi connectivity index (χ1) is 14.4. The van der Waals surface area contributed by atoms with Crippen LogP contribution in [-0.2, 0) is 11.8 Å². The number of esters is 1. The first kappa shape index (κ1) is 22.8. The summed E-state index contributed by atoms with van der Waals surface area (Å²) in [6, 6.07) is 1.59. The van der Waals surface area contributed by atoms with E-state index in [2.05, 4.69) is 5.10 Å². The molecule has 0 N–H and O–H groups in total. The molecular formula is C20H23F4N3O4. The summed E-state index contributed by atoms with van der Waals surface area (Å²) >= 11 is 0. The highest BCUT2D eigenvalue weighted by Crippen LogP contribution is 2.38. The van der Waals surface area contributed by atoms with Crippen LogP contribution in [0.15, 0.2) is 16.9 Å². The van der Waals surface area contributed by atoms with Crippen LogP contribution in [0.2, 0.25) is 0 Å². The molecule has 2 aromatic rings. The Balaban J connectivity index is 2.12. The predicted octanol–water partition coefficient (Wildman–Crippen LogP) is 3.52. The number of benzene rings is 1. The summed E-state index contributed by atoms with van der Waals surface area (Å²) in [6.07, 6.45) is -3.72. The standard InChI is InChI=1S/C20H23F4N3O4/c1-20(2,3)31-18(28)11-7-12(22)13(8-14(11)30-15(9-21)16(23)24)27-19(29)26(4)17(25-27)10-5-6-10/h7-8,10,15-16H,5-6,9H2,1-4H3/t15-/m0/s1. The summed E-state index contributed by atoms with van der Waals surface area (Å²) in [4.78, 5) is 25.1. The lowest BCUT2D eigenvalue weighted by Gasteiger charge is -2.22. The summed E-state index contributed by atoms with van der Waals surface area (Å²) in [5, 5.41) is 4.15. The maximum Gasteiger partial charge on any atom is 0.350 e. The zero-order chi connectivity index (χ0) is 23.1. The number of ether oxygens (including phenoxy) is 2. The van der Waals surface area contributed by atoms with Gasteiger partial charge in [0.05, 0.1) is 0 Å². The Morgan fingerprint density at radius 2 is 1.94 bits per heavy atom. The van der Waals surface area contributed by atoms with Gasteiger partial charge in [0.25, 0.3) is 6.43 Å². The number of hydrogen-bond acceptors (Lipinski definition) is 5. The fraction of sp³-hybridized carbons (Fsp3) is 0.550. The van der Waals surface area contributed by atoms with Crippen molar-refractivity contribution in [3.8, 4) is 11.4 Å². The molecule has 1 aliphatic carbocycles. The van der Waals surface area contributed by atoms with Gasteiger partial charge in [0.15, 0.2) is 6.10 Å². The minimum absolute atomic E-state index is 0.0773. The molecule has 31 heavy (non-hydrogen) atoms. The fourth-order valence-corrected chi connectivity index (χ4v) is 2.91. The van der Waals surface area contributed by atoms with Gasteiger partial charge < -0.3 is 9.47 Å². The summed E-state index contributed by atoms with van der Waals surface area (Å²) in [6.45, 7) is 3.14. The van der Waals surface area contributed by atoms with Crippen LogP contribution in [0.4, 0.5) is 17.6 Å². The third-order valence-electron chi connectivity index (χ3n) is 4.56. The van der Waals surface area contributed by atoms with Gasteiger partial charge in [0, 0.05) is 19.0 Å². The van der Waals surface area contributed by atoms with Crippen LogP contribution in [0.1, 0.15) is 55.7 Å². The number of carbonyl (C=O) groups excluding carboxylic acids is 1. The molecule has 0 saturated heterocycles. The molecule has 0 radical (unpaired) electrons. The number of hydrogen-bond donors (Lipinski definition) is 0. The molecule has 1 saturated carbocycles. The highest BCUT2D eigenvalue weighted by Gasteiger charge is 2.32. The molecule has 1 aromatic carbocycles. The van der Waals surface area contributed by atoms with Crippen LogP contribution >= 0.6 is 0 Å². The lowest BCUT2D eigenvalue weighted by molar-refractivity contribution is -0.00587. The lowest BCUT2D eigenvalue weighted by atomic mass is 10.1. The molecule has 11 heteroatoms. The number of nitrogens with zero attached hydrogens (tertiary/aromatic N) is 3. The Morgan fingerprint density at radius 3 is 2.45 bits per heavy atom. The summed E-state index contributed by atoms with van der Waals surface area (Å²) in [5.41, 5.74) is -2.56. The largest absolute Gasteiger partial charge is 0.481 e. The van der Waals surface area contributed by atoms with Gasteiger partial charge in [-0.25, -0.2) is 27.2 Å². The number of aromatic nitrogens is 3. The van der Waals surface area contributed by atoms with E-state index < -0.39 is 59.3 Å². The SMILES string of the molecule is Cn1c(C2CC2)nn(-c2cc(O[C@@H](CF)C(F)F)c(C(=O)OC(C)(C)C)cc2F)c1=O. The summed E-state index contributed by atoms with van der Waals surface area (Å²) in [7, 11) is 1.49. The Kier molecular flexibility index (Phi) is 6.15. The van der Waals surface area contributed by atoms with E-state index in [1.54, 1.807) is 20.8 Å². The Hall–Kier alpha value is -2.85. The van der Waals surface area contributed by atoms with Crippen molar-refractivity contribution >= 4 is 5.97 Å². The molecule has 7 nitrogen and oxygen atoms in total. The van der Waals surface area contributed by atoms with E-state index in [0.29, 0.717) is 11.9 Å². The Labute approximate surface area is 175 Å². The van der Waals surface area contributed by atoms with Gasteiger partial charge in [-0.2, -0.15) is 4.68 Å². The minimum Gasteiger partial charge on any atom is -0.481 e. The quantitative estimate of drug-likeness (QED) is 0.482. The molecule has 1 heterocycles. The summed E-state index contributed by atoms with van der Waals surface area (Å²) < 4.78 is 66.4. The topological polar surface area (TPSA) is 75.3 Å². The van der Waals surface area contributed by atoms with E-state index in [9.17, 15) is 27.2 Å². The number of rotatable bonds is 7. The van der Waals surface area contributed by atoms with E-state index in [-0.39, 0.29) is 5.92 Å². The molecule has 170 valence electrons. The van der Waals surface area contributed by atoms with Gasteiger partial charge in [-0.1, -0.05) is 0 Å². The van der Waals surface area contributed by atoms with E-state index in [0.717, 1.165) is 23.6 Å². The molecule has 1 fully saturated rings. The second kappa shape index (κ2) is 8.35. The maximum atomic E-state index is 14.9. The van der Waals surface area contributed by atoms with Crippen molar-refractivity contribution in [1.82, 2.24) is 14.3 Å². The smallest absolute Gasteiger partial charge is 0.350 e. The van der Waals surface area contributed by atoms with E-state index in [4.69, 9.17) is 9.47 Å². The highest BCUT2D eigenvalue weighted by molar-refractivity contribution is 5.93. The second-order valence-corrected chi connectivity index (χ2v) is 8.33. The molecule has 0 spiro atoms. The van der Waals surface area contributed by atoms with Crippen molar-refractivity contribution in [3.63, 3.8) is 0 Å². The van der Waals surface area contributed by atoms with Gasteiger partial charge in [0.2, 0.25) is 0 Å². The monoisotopic (exact) mass is 445 g/mol. The van der Waals surface area contributed by atoms with Crippen molar-refractivity contribution < 1.29 is 31.8 Å². The molecule has 3 rings (SSSR count). The third kappa shape index (κ3) is 4.91. The average molecular weight is 445 g/mol. The number of carbonyl (C=O) groups is 1. The van der Waals surface area contributed by atoms with E-state index in [1.807, 2.05) is 0 Å². The zero-order valence-corrected chi connectivity index (χ0v) is 17.5. The fourth-order valence-electron chi connectivity index (χ4n) is 2.91. The van der Waals surface area contributed by atoms with Crippen molar-refractivity contribution in [2.24, 2.45) is 7.05 Å². The molecule has 1 aliphatic rings. The maximum absolute atomic E-state index is 14.9. The van der Waals surface area contributed by atoms with Crippen molar-refractivity contribution in [1.29, 1.82) is 0 Å². The predicted molar refractivity (Wildman–Crippen MR) is 102 cm³/mol. The summed E-state index contributed by atoms with van der Waals surface area (Å²) in [5.74, 6) is -2.08. The molecule has 0 bridgehead atoms. The van der Waals surface area contributed by atoms with Crippen molar-refractivity contribution in [2.75, 3.05) is 6.67 Å². The van der Waals surface area contributed by atoms with Crippen LogP contribution in [0, 0.1) is 5.82 Å². The van der Waals surface area contributed by atoms with Crippen molar-refractivity contribution in [3.05, 3.63) is 39.8 Å². The van der Waals surface area contributed by atoms with Crippen LogP contribution in [0.3, 0.4) is 0 Å². The van der Waals surface area contributed by atoms with E-state index in [1.165, 1.54) is 11.6 Å². The van der Waals surface area contributed by atoms with Crippen molar-refractivity contribution in [2.45, 2.75) is 57.7 Å². The first-order valence-corrected chi connectivity index (χ1v) is 9.67. The first-order valence-electron chi connectivity index (χ1n) is 9.67. The van der Waals surface area contributed by atoms with Crippen LogP contribution in [0.5, 0.6) is 5.75 Å². The molecular weight excluding hydrogens is 422 g/mol. The van der Waals surface area contributed by atoms with Gasteiger partial charge in [-0.05, 0) is 39.7 Å². The van der Waals surface area contributed by atoms with Gasteiger partial charge in [-0.3, -0.25) is 4.57 Å². The third-order valence-corrected chi connectivity index (χ3v) is 4.56. The van der Waals surface area contributed by atoms with Crippen LogP contribution in [0.25, 0.3) is 5.69 Å². The molecule has 0 unspecified atom stereocenters. The molecule has 0 aliphatic heterocycles. The second-order valence-electron chi connectivity index (χ2n) is 8.33. The Bertz CT molecular complexity index is 1040. The minimum atomic E-state index is -3.20. The molecule has 1 atom stereocenters. The van der Waals surface area contributed by atoms with Crippen LogP contribution < -0.4 is 10.4 Å². The molecule has 0 amide bonds.